The third-order valence-corrected chi connectivity index (χ3v) is 4.97. The molecule has 2 aromatic rings. The maximum atomic E-state index is 12.7. The summed E-state index contributed by atoms with van der Waals surface area (Å²) in [6.45, 7) is 6.10. The van der Waals surface area contributed by atoms with E-state index >= 15 is 0 Å². The van der Waals surface area contributed by atoms with Crippen LogP contribution >= 0.6 is 11.6 Å². The summed E-state index contributed by atoms with van der Waals surface area (Å²) >= 11 is 5.79. The molecular formula is C21H25ClF3N3O5. The van der Waals surface area contributed by atoms with Crippen LogP contribution in [0.25, 0.3) is 0 Å². The normalized spacial score (nSPS) is 12.5. The van der Waals surface area contributed by atoms with E-state index in [0.717, 1.165) is 25.2 Å². The topological polar surface area (TPSA) is 98.5 Å². The van der Waals surface area contributed by atoms with E-state index in [1.54, 1.807) is 0 Å². The van der Waals surface area contributed by atoms with Gasteiger partial charge in [-0.25, -0.2) is 5.21 Å². The van der Waals surface area contributed by atoms with Crippen molar-refractivity contribution in [1.29, 1.82) is 0 Å². The van der Waals surface area contributed by atoms with Crippen molar-refractivity contribution in [3.05, 3.63) is 52.2 Å². The average Bonchev–Trinajstić information content (AvgIpc) is 2.75. The molecule has 33 heavy (non-hydrogen) atoms. The molecule has 0 aliphatic heterocycles. The maximum absolute atomic E-state index is 12.7. The molecule has 2 aromatic carbocycles. The number of quaternary nitrogens is 1. The quantitative estimate of drug-likeness (QED) is 0.416. The van der Waals surface area contributed by atoms with Gasteiger partial charge in [-0.1, -0.05) is 25.4 Å². The zero-order valence-electron chi connectivity index (χ0n) is 18.0. The summed E-state index contributed by atoms with van der Waals surface area (Å²) in [6.07, 6.45) is -4.55. The van der Waals surface area contributed by atoms with Crippen molar-refractivity contribution >= 4 is 28.9 Å². The molecule has 0 aliphatic carbocycles. The first-order valence-electron chi connectivity index (χ1n) is 10.1. The lowest BCUT2D eigenvalue weighted by Gasteiger charge is -2.20. The van der Waals surface area contributed by atoms with E-state index in [4.69, 9.17) is 21.1 Å². The van der Waals surface area contributed by atoms with Crippen LogP contribution in [0.1, 0.15) is 19.4 Å². The summed E-state index contributed by atoms with van der Waals surface area (Å²) in [7, 11) is 0. The predicted octanol–water partition coefficient (Wildman–Crippen LogP) is 3.50. The molecule has 1 atom stereocenters. The number of likely N-dealkylation sites (N-methyl/N-ethyl adjacent to an activating group) is 1. The van der Waals surface area contributed by atoms with E-state index in [-0.39, 0.29) is 27.9 Å². The first kappa shape index (κ1) is 26.7. The molecule has 0 bridgehead atoms. The highest BCUT2D eigenvalue weighted by Gasteiger charge is 2.31. The van der Waals surface area contributed by atoms with Crippen LogP contribution in [0.5, 0.6) is 11.5 Å². The van der Waals surface area contributed by atoms with Crippen molar-refractivity contribution in [3.8, 4) is 11.5 Å². The standard InChI is InChI=1S/C21H25ClF3N3O5/c1-3-27(4-2)9-10-32-19-8-6-15(12-17(19)28(30)31)26-20(29)13-33-18-7-5-14(11-16(18)22)21(23,24)25/h5-8,11-12,28,30H,3-4,9-10,13H2,1-2H3,(H,26,29). The number of rotatable bonds is 11. The van der Waals surface area contributed by atoms with Crippen molar-refractivity contribution in [2.75, 3.05) is 38.2 Å². The Morgan fingerprint density at radius 1 is 1.15 bits per heavy atom. The first-order valence-corrected chi connectivity index (χ1v) is 10.4. The highest BCUT2D eigenvalue weighted by Crippen LogP contribution is 2.34. The van der Waals surface area contributed by atoms with E-state index in [0.29, 0.717) is 19.2 Å². The number of carbonyl (C=O) groups is 1. The number of alkyl halides is 3. The number of ether oxygens (including phenoxy) is 2. The van der Waals surface area contributed by atoms with E-state index in [2.05, 4.69) is 10.2 Å². The number of halogens is 4. The molecule has 0 saturated heterocycles. The molecule has 12 heteroatoms. The number of benzene rings is 2. The zero-order chi connectivity index (χ0) is 24.6. The lowest BCUT2D eigenvalue weighted by atomic mass is 10.2. The molecule has 0 fully saturated rings. The largest absolute Gasteiger partial charge is 0.595 e. The van der Waals surface area contributed by atoms with Crippen LogP contribution in [0.3, 0.4) is 0 Å². The summed E-state index contributed by atoms with van der Waals surface area (Å²) in [5, 5.41) is 22.0. The fourth-order valence-corrected chi connectivity index (χ4v) is 3.09. The molecule has 0 saturated carbocycles. The Bertz CT molecular complexity index is 940. The van der Waals surface area contributed by atoms with Crippen molar-refractivity contribution < 1.29 is 37.9 Å². The number of nitrogens with zero attached hydrogens (tertiary/aromatic N) is 1. The summed E-state index contributed by atoms with van der Waals surface area (Å²) in [5.41, 5.74) is -0.875. The minimum Gasteiger partial charge on any atom is -0.595 e. The monoisotopic (exact) mass is 491 g/mol. The van der Waals surface area contributed by atoms with Gasteiger partial charge in [0, 0.05) is 18.3 Å². The lowest BCUT2D eigenvalue weighted by Crippen LogP contribution is -2.99. The summed E-state index contributed by atoms with van der Waals surface area (Å²) in [6, 6.07) is 6.67. The number of carbonyl (C=O) groups excluding carboxylic acids is 1. The van der Waals surface area contributed by atoms with Crippen LogP contribution in [-0.4, -0.2) is 48.9 Å². The van der Waals surface area contributed by atoms with Crippen LogP contribution in [0, 0.1) is 5.21 Å². The molecule has 0 heterocycles. The summed E-state index contributed by atoms with van der Waals surface area (Å²) in [5.74, 6) is -0.582. The average molecular weight is 492 g/mol. The van der Waals surface area contributed by atoms with Crippen LogP contribution in [0.2, 0.25) is 5.02 Å². The first-order chi connectivity index (χ1) is 15.5. The Morgan fingerprint density at radius 2 is 1.82 bits per heavy atom. The molecule has 2 rings (SSSR count). The lowest BCUT2D eigenvalue weighted by molar-refractivity contribution is -0.991. The Kier molecular flexibility index (Phi) is 9.74. The van der Waals surface area contributed by atoms with Gasteiger partial charge >= 0.3 is 6.18 Å². The van der Waals surface area contributed by atoms with E-state index in [9.17, 15) is 28.4 Å². The van der Waals surface area contributed by atoms with Gasteiger partial charge in [0.2, 0.25) is 5.69 Å². The second kappa shape index (κ2) is 12.1. The van der Waals surface area contributed by atoms with Gasteiger partial charge in [-0.3, -0.25) is 4.79 Å². The van der Waals surface area contributed by atoms with Gasteiger partial charge in [-0.15, -0.1) is 0 Å². The van der Waals surface area contributed by atoms with Crippen LogP contribution < -0.4 is 20.0 Å². The number of hydrogen-bond acceptors (Lipinski definition) is 6. The fourth-order valence-electron chi connectivity index (χ4n) is 2.86. The molecule has 0 aromatic heterocycles. The van der Waals surface area contributed by atoms with Crippen molar-refractivity contribution in [1.82, 2.24) is 4.90 Å². The van der Waals surface area contributed by atoms with Crippen LogP contribution in [-0.2, 0) is 11.0 Å². The van der Waals surface area contributed by atoms with Crippen LogP contribution in [0.4, 0.5) is 24.5 Å². The molecular weight excluding hydrogens is 467 g/mol. The zero-order valence-corrected chi connectivity index (χ0v) is 18.8. The number of hydrogen-bond donors (Lipinski definition) is 3. The third kappa shape index (κ3) is 8.06. The highest BCUT2D eigenvalue weighted by molar-refractivity contribution is 6.32. The highest BCUT2D eigenvalue weighted by atomic mass is 35.5. The van der Waals surface area contributed by atoms with Gasteiger partial charge in [0.25, 0.3) is 5.91 Å². The molecule has 0 spiro atoms. The van der Waals surface area contributed by atoms with Gasteiger partial charge in [-0.05, 0) is 43.4 Å². The predicted molar refractivity (Wildman–Crippen MR) is 116 cm³/mol. The molecule has 8 nitrogen and oxygen atoms in total. The Hall–Kier alpha value is -2.57. The third-order valence-electron chi connectivity index (χ3n) is 4.67. The number of amides is 1. The fraction of sp³-hybridized carbons (Fsp3) is 0.381. The SMILES string of the molecule is CCN(CC)CCOc1ccc(NC(=O)COc2ccc(C(F)(F)F)cc2Cl)cc1[NH+]([O-])O. The van der Waals surface area contributed by atoms with Gasteiger partial charge in [0.1, 0.15) is 12.4 Å². The van der Waals surface area contributed by atoms with Gasteiger partial charge in [-0.2, -0.15) is 18.4 Å². The van der Waals surface area contributed by atoms with Crippen molar-refractivity contribution in [3.63, 3.8) is 0 Å². The van der Waals surface area contributed by atoms with E-state index < -0.39 is 29.5 Å². The molecule has 182 valence electrons. The summed E-state index contributed by atoms with van der Waals surface area (Å²) < 4.78 is 48.9. The minimum absolute atomic E-state index is 0.0945. The molecule has 1 amide bonds. The number of anilines is 1. The van der Waals surface area contributed by atoms with Crippen LogP contribution in [0.15, 0.2) is 36.4 Å². The number of nitrogens with one attached hydrogen (secondary N) is 2. The van der Waals surface area contributed by atoms with E-state index in [1.807, 2.05) is 13.8 Å². The summed E-state index contributed by atoms with van der Waals surface area (Å²) in [4.78, 5) is 14.3. The molecule has 0 radical (unpaired) electrons. The molecule has 1 unspecified atom stereocenters. The maximum Gasteiger partial charge on any atom is 0.416 e. The Morgan fingerprint density at radius 3 is 2.39 bits per heavy atom. The van der Waals surface area contributed by atoms with Crippen molar-refractivity contribution in [2.45, 2.75) is 20.0 Å². The molecule has 3 N–H and O–H groups in total. The van der Waals surface area contributed by atoms with Gasteiger partial charge in [0.15, 0.2) is 12.4 Å². The van der Waals surface area contributed by atoms with Crippen molar-refractivity contribution in [2.24, 2.45) is 0 Å². The Labute approximate surface area is 194 Å². The molecule has 0 aliphatic rings. The smallest absolute Gasteiger partial charge is 0.416 e. The Balaban J connectivity index is 1.98. The minimum atomic E-state index is -4.55. The second-order valence-corrected chi connectivity index (χ2v) is 7.28. The van der Waals surface area contributed by atoms with Gasteiger partial charge < -0.3 is 24.9 Å². The van der Waals surface area contributed by atoms with E-state index in [1.165, 1.54) is 18.2 Å². The second-order valence-electron chi connectivity index (χ2n) is 6.87. The van der Waals surface area contributed by atoms with Gasteiger partial charge in [0.05, 0.1) is 10.6 Å².